The molecule has 104 valence electrons. The van der Waals surface area contributed by atoms with Crippen molar-refractivity contribution in [3.05, 3.63) is 51.7 Å². The molecule has 1 heterocycles. The first-order chi connectivity index (χ1) is 9.50. The molecule has 1 amide bonds. The van der Waals surface area contributed by atoms with Gasteiger partial charge in [0.25, 0.3) is 5.91 Å². The van der Waals surface area contributed by atoms with E-state index in [1.807, 2.05) is 0 Å². The average molecular weight is 275 g/mol. The van der Waals surface area contributed by atoms with E-state index in [9.17, 15) is 14.9 Å². The van der Waals surface area contributed by atoms with Crippen LogP contribution in [0.1, 0.15) is 16.1 Å². The van der Waals surface area contributed by atoms with E-state index in [4.69, 9.17) is 0 Å². The van der Waals surface area contributed by atoms with Crippen LogP contribution in [0.4, 0.5) is 11.5 Å². The summed E-state index contributed by atoms with van der Waals surface area (Å²) in [4.78, 5) is 22.3. The Morgan fingerprint density at radius 2 is 2.00 bits per heavy atom. The molecule has 0 unspecified atom stereocenters. The highest BCUT2D eigenvalue weighted by Gasteiger charge is 2.24. The molecule has 8 heteroatoms. The number of aromatic nitrogens is 2. The first-order valence-corrected chi connectivity index (χ1v) is 5.80. The molecule has 0 bridgehead atoms. The van der Waals surface area contributed by atoms with E-state index in [1.54, 1.807) is 37.4 Å². The lowest BCUT2D eigenvalue weighted by atomic mass is 10.2. The number of aryl methyl sites for hydroxylation is 2. The molecule has 1 aromatic carbocycles. The fourth-order valence-corrected chi connectivity index (χ4v) is 1.78. The van der Waals surface area contributed by atoms with Gasteiger partial charge >= 0.3 is 5.69 Å². The van der Waals surface area contributed by atoms with E-state index >= 15 is 0 Å². The lowest BCUT2D eigenvalue weighted by Crippen LogP contribution is -2.30. The number of carbonyl (C=O) groups is 1. The van der Waals surface area contributed by atoms with Crippen LogP contribution in [-0.2, 0) is 7.05 Å². The van der Waals surface area contributed by atoms with Gasteiger partial charge in [0, 0.05) is 12.6 Å². The van der Waals surface area contributed by atoms with Gasteiger partial charge in [-0.25, -0.2) is 4.68 Å². The first-order valence-electron chi connectivity index (χ1n) is 5.80. The van der Waals surface area contributed by atoms with Crippen LogP contribution in [0.25, 0.3) is 0 Å². The minimum atomic E-state index is -0.542. The van der Waals surface area contributed by atoms with Crippen LogP contribution in [0.5, 0.6) is 0 Å². The minimum Gasteiger partial charge on any atom is -0.276 e. The number of amides is 1. The van der Waals surface area contributed by atoms with Crippen LogP contribution in [0.15, 0.2) is 30.3 Å². The fourth-order valence-electron chi connectivity index (χ4n) is 1.78. The number of hydrazine groups is 1. The lowest BCUT2D eigenvalue weighted by Gasteiger charge is -2.07. The Kier molecular flexibility index (Phi) is 3.65. The third-order valence-electron chi connectivity index (χ3n) is 2.70. The number of nitrogens with one attached hydrogen (secondary N) is 2. The molecule has 0 spiro atoms. The van der Waals surface area contributed by atoms with E-state index in [-0.39, 0.29) is 17.2 Å². The summed E-state index contributed by atoms with van der Waals surface area (Å²) < 4.78 is 1.30. The van der Waals surface area contributed by atoms with Crippen molar-refractivity contribution in [3.8, 4) is 0 Å². The Bertz CT molecular complexity index is 651. The molecular weight excluding hydrogens is 262 g/mol. The molecule has 0 aliphatic heterocycles. The maximum Gasteiger partial charge on any atom is 0.335 e. The van der Waals surface area contributed by atoms with Crippen molar-refractivity contribution in [2.45, 2.75) is 6.92 Å². The number of benzene rings is 1. The summed E-state index contributed by atoms with van der Waals surface area (Å²) in [5.41, 5.74) is 5.50. The van der Waals surface area contributed by atoms with Gasteiger partial charge in [0.15, 0.2) is 0 Å². The van der Waals surface area contributed by atoms with Crippen molar-refractivity contribution in [2.24, 2.45) is 7.05 Å². The molecule has 2 N–H and O–H groups in total. The summed E-state index contributed by atoms with van der Waals surface area (Å²) in [6.07, 6.45) is 0. The van der Waals surface area contributed by atoms with Crippen molar-refractivity contribution in [2.75, 3.05) is 5.43 Å². The quantitative estimate of drug-likeness (QED) is 0.648. The largest absolute Gasteiger partial charge is 0.335 e. The number of anilines is 1. The Morgan fingerprint density at radius 1 is 1.35 bits per heavy atom. The van der Waals surface area contributed by atoms with Crippen molar-refractivity contribution in [1.82, 2.24) is 15.2 Å². The molecule has 0 saturated carbocycles. The van der Waals surface area contributed by atoms with E-state index in [2.05, 4.69) is 16.0 Å². The second-order valence-electron chi connectivity index (χ2n) is 4.11. The molecular formula is C12H13N5O3. The van der Waals surface area contributed by atoms with Crippen molar-refractivity contribution < 1.29 is 9.72 Å². The van der Waals surface area contributed by atoms with E-state index in [1.165, 1.54) is 11.6 Å². The Hall–Kier alpha value is -2.90. The summed E-state index contributed by atoms with van der Waals surface area (Å²) in [7, 11) is 1.55. The number of nitrogens with zero attached hydrogens (tertiary/aromatic N) is 3. The minimum absolute atomic E-state index is 0.122. The summed E-state index contributed by atoms with van der Waals surface area (Å²) in [5, 5.41) is 14.9. The summed E-state index contributed by atoms with van der Waals surface area (Å²) in [6.45, 7) is 1.53. The van der Waals surface area contributed by atoms with Gasteiger partial charge in [0.1, 0.15) is 5.69 Å². The number of rotatable bonds is 4. The van der Waals surface area contributed by atoms with Gasteiger partial charge < -0.3 is 0 Å². The SMILES string of the molecule is Cc1nn(C)c(NNC(=O)c2ccccc2)c1[N+](=O)[O-]. The van der Waals surface area contributed by atoms with Gasteiger partial charge in [-0.1, -0.05) is 18.2 Å². The van der Waals surface area contributed by atoms with E-state index in [0.29, 0.717) is 5.56 Å². The number of hydrogen-bond donors (Lipinski definition) is 2. The van der Waals surface area contributed by atoms with Gasteiger partial charge in [-0.2, -0.15) is 5.10 Å². The van der Waals surface area contributed by atoms with Crippen LogP contribution in [0, 0.1) is 17.0 Å². The van der Waals surface area contributed by atoms with Crippen molar-refractivity contribution >= 4 is 17.4 Å². The molecule has 0 fully saturated rings. The van der Waals surface area contributed by atoms with Gasteiger partial charge in [0.2, 0.25) is 5.82 Å². The summed E-state index contributed by atoms with van der Waals surface area (Å²) in [6, 6.07) is 8.52. The zero-order valence-corrected chi connectivity index (χ0v) is 11.0. The monoisotopic (exact) mass is 275 g/mol. The standard InChI is InChI=1S/C12H13N5O3/c1-8-10(17(19)20)11(16(2)15-8)13-14-12(18)9-6-4-3-5-7-9/h3-7,13H,1-2H3,(H,14,18). The Morgan fingerprint density at radius 3 is 2.60 bits per heavy atom. The van der Waals surface area contributed by atoms with Crippen LogP contribution in [0.2, 0.25) is 0 Å². The number of carbonyl (C=O) groups excluding carboxylic acids is 1. The van der Waals surface area contributed by atoms with Crippen LogP contribution in [0.3, 0.4) is 0 Å². The van der Waals surface area contributed by atoms with Crippen molar-refractivity contribution in [1.29, 1.82) is 0 Å². The maximum absolute atomic E-state index is 11.8. The van der Waals surface area contributed by atoms with E-state index < -0.39 is 10.8 Å². The van der Waals surface area contributed by atoms with Gasteiger partial charge in [0.05, 0.1) is 4.92 Å². The topological polar surface area (TPSA) is 102 Å². The van der Waals surface area contributed by atoms with E-state index in [0.717, 1.165) is 0 Å². The van der Waals surface area contributed by atoms with Crippen LogP contribution >= 0.6 is 0 Å². The Labute approximate surface area is 114 Å². The third-order valence-corrected chi connectivity index (χ3v) is 2.70. The molecule has 0 saturated heterocycles. The highest BCUT2D eigenvalue weighted by atomic mass is 16.6. The number of hydrogen-bond acceptors (Lipinski definition) is 5. The number of nitro groups is 1. The predicted molar refractivity (Wildman–Crippen MR) is 72.1 cm³/mol. The zero-order valence-electron chi connectivity index (χ0n) is 11.0. The average Bonchev–Trinajstić information content (AvgIpc) is 2.71. The highest BCUT2D eigenvalue weighted by molar-refractivity contribution is 5.94. The molecule has 0 aliphatic rings. The highest BCUT2D eigenvalue weighted by Crippen LogP contribution is 2.26. The maximum atomic E-state index is 11.8. The molecule has 2 aromatic rings. The normalized spacial score (nSPS) is 10.1. The fraction of sp³-hybridized carbons (Fsp3) is 0.167. The first kappa shape index (κ1) is 13.5. The molecule has 0 radical (unpaired) electrons. The molecule has 0 aliphatic carbocycles. The second-order valence-corrected chi connectivity index (χ2v) is 4.11. The predicted octanol–water partition coefficient (Wildman–Crippen LogP) is 1.39. The van der Waals surface area contributed by atoms with Crippen LogP contribution < -0.4 is 10.9 Å². The molecule has 1 aromatic heterocycles. The van der Waals surface area contributed by atoms with Crippen LogP contribution in [-0.4, -0.2) is 20.6 Å². The Balaban J connectivity index is 2.16. The van der Waals surface area contributed by atoms with Gasteiger partial charge in [-0.3, -0.25) is 25.8 Å². The van der Waals surface area contributed by atoms with Gasteiger partial charge in [-0.05, 0) is 19.1 Å². The summed E-state index contributed by atoms with van der Waals surface area (Å²) in [5.74, 6) is -0.268. The third kappa shape index (κ3) is 2.58. The summed E-state index contributed by atoms with van der Waals surface area (Å²) >= 11 is 0. The smallest absolute Gasteiger partial charge is 0.276 e. The molecule has 8 nitrogen and oxygen atoms in total. The zero-order chi connectivity index (χ0) is 14.7. The van der Waals surface area contributed by atoms with Crippen molar-refractivity contribution in [3.63, 3.8) is 0 Å². The van der Waals surface area contributed by atoms with Gasteiger partial charge in [-0.15, -0.1) is 0 Å². The molecule has 20 heavy (non-hydrogen) atoms. The molecule has 2 rings (SSSR count). The second kappa shape index (κ2) is 5.39. The lowest BCUT2D eigenvalue weighted by molar-refractivity contribution is -0.384. The molecule has 0 atom stereocenters.